The summed E-state index contributed by atoms with van der Waals surface area (Å²) in [5.41, 5.74) is -0.265. The Kier molecular flexibility index (Phi) is 5.09. The lowest BCUT2D eigenvalue weighted by Crippen LogP contribution is -2.41. The third kappa shape index (κ3) is 3.12. The minimum Gasteiger partial charge on any atom is -0.479 e. The Labute approximate surface area is 124 Å². The van der Waals surface area contributed by atoms with Gasteiger partial charge >= 0.3 is 5.97 Å². The van der Waals surface area contributed by atoms with E-state index < -0.39 is 11.6 Å². The average Bonchev–Trinajstić information content (AvgIpc) is 2.53. The van der Waals surface area contributed by atoms with Crippen molar-refractivity contribution in [1.82, 2.24) is 5.32 Å². The summed E-state index contributed by atoms with van der Waals surface area (Å²) < 4.78 is 5.84. The van der Waals surface area contributed by atoms with Gasteiger partial charge in [0, 0.05) is 6.54 Å². The molecule has 21 heavy (non-hydrogen) atoms. The van der Waals surface area contributed by atoms with Gasteiger partial charge in [0.15, 0.2) is 0 Å². The number of carboxylic acids is 1. The molecule has 0 atom stereocenters. The summed E-state index contributed by atoms with van der Waals surface area (Å²) in [6.07, 6.45) is 0. The number of rotatable bonds is 7. The highest BCUT2D eigenvalue weighted by atomic mass is 16.5. The van der Waals surface area contributed by atoms with Gasteiger partial charge in [-0.2, -0.15) is 0 Å². The molecule has 0 aromatic heterocycles. The molecule has 0 radical (unpaired) electrons. The van der Waals surface area contributed by atoms with Crippen molar-refractivity contribution in [2.24, 2.45) is 0 Å². The van der Waals surface area contributed by atoms with Gasteiger partial charge in [-0.1, -0.05) is 60.7 Å². The molecule has 0 bridgehead atoms. The number of carbonyl (C=O) groups is 1. The van der Waals surface area contributed by atoms with Crippen LogP contribution in [0.2, 0.25) is 0 Å². The predicted octanol–water partition coefficient (Wildman–Crippen LogP) is 2.25. The molecular formula is C17H19NO3. The van der Waals surface area contributed by atoms with E-state index in [0.29, 0.717) is 24.3 Å². The average molecular weight is 285 g/mol. The van der Waals surface area contributed by atoms with E-state index >= 15 is 0 Å². The zero-order valence-corrected chi connectivity index (χ0v) is 12.0. The van der Waals surface area contributed by atoms with Gasteiger partial charge in [-0.15, -0.1) is 0 Å². The number of carboxylic acid groups (broad SMARTS) is 1. The van der Waals surface area contributed by atoms with Gasteiger partial charge in [-0.3, -0.25) is 0 Å². The number of likely N-dealkylation sites (N-methyl/N-ethyl adjacent to an activating group) is 1. The van der Waals surface area contributed by atoms with Gasteiger partial charge in [-0.05, 0) is 18.2 Å². The van der Waals surface area contributed by atoms with Gasteiger partial charge in [0.2, 0.25) is 5.60 Å². The SMILES string of the molecule is CNCCOC(C(=O)O)(c1ccccc1)c1ccccc1. The van der Waals surface area contributed by atoms with Crippen molar-refractivity contribution in [3.63, 3.8) is 0 Å². The molecule has 0 aliphatic rings. The highest BCUT2D eigenvalue weighted by molar-refractivity contribution is 5.84. The Morgan fingerprint density at radius 3 is 1.90 bits per heavy atom. The number of aliphatic carboxylic acids is 1. The molecule has 4 heteroatoms. The number of benzene rings is 2. The summed E-state index contributed by atoms with van der Waals surface area (Å²) in [6, 6.07) is 18.1. The van der Waals surface area contributed by atoms with Crippen LogP contribution in [0.4, 0.5) is 0 Å². The molecule has 4 nitrogen and oxygen atoms in total. The zero-order valence-electron chi connectivity index (χ0n) is 12.0. The molecule has 0 fully saturated rings. The maximum Gasteiger partial charge on any atom is 0.345 e. The maximum atomic E-state index is 12.1. The fraction of sp³-hybridized carbons (Fsp3) is 0.235. The van der Waals surface area contributed by atoms with Crippen LogP contribution in [0.5, 0.6) is 0 Å². The van der Waals surface area contributed by atoms with Gasteiger partial charge in [0.1, 0.15) is 0 Å². The fourth-order valence-corrected chi connectivity index (χ4v) is 2.29. The lowest BCUT2D eigenvalue weighted by atomic mass is 9.86. The van der Waals surface area contributed by atoms with Crippen molar-refractivity contribution in [3.8, 4) is 0 Å². The lowest BCUT2D eigenvalue weighted by Gasteiger charge is -2.30. The van der Waals surface area contributed by atoms with Gasteiger partial charge in [0.05, 0.1) is 6.61 Å². The van der Waals surface area contributed by atoms with Crippen molar-refractivity contribution in [2.75, 3.05) is 20.2 Å². The van der Waals surface area contributed by atoms with E-state index in [9.17, 15) is 9.90 Å². The van der Waals surface area contributed by atoms with Crippen molar-refractivity contribution in [3.05, 3.63) is 71.8 Å². The van der Waals surface area contributed by atoms with Gasteiger partial charge < -0.3 is 15.2 Å². The zero-order chi connectivity index (χ0) is 15.1. The molecule has 0 amide bonds. The van der Waals surface area contributed by atoms with Gasteiger partial charge in [0.25, 0.3) is 0 Å². The first-order chi connectivity index (χ1) is 10.2. The van der Waals surface area contributed by atoms with E-state index in [1.807, 2.05) is 36.4 Å². The highest BCUT2D eigenvalue weighted by Gasteiger charge is 2.43. The fourth-order valence-electron chi connectivity index (χ4n) is 2.29. The molecule has 0 spiro atoms. The lowest BCUT2D eigenvalue weighted by molar-refractivity contribution is -0.161. The van der Waals surface area contributed by atoms with Crippen molar-refractivity contribution in [1.29, 1.82) is 0 Å². The van der Waals surface area contributed by atoms with Crippen LogP contribution in [0, 0.1) is 0 Å². The Hall–Kier alpha value is -2.17. The number of ether oxygens (including phenoxy) is 1. The van der Waals surface area contributed by atoms with E-state index in [0.717, 1.165) is 0 Å². The standard InChI is InChI=1S/C17H19NO3/c1-18-12-13-21-17(16(19)20,14-8-4-2-5-9-14)15-10-6-3-7-11-15/h2-11,18H,12-13H2,1H3,(H,19,20). The van der Waals surface area contributed by atoms with Crippen LogP contribution in [0.15, 0.2) is 60.7 Å². The van der Waals surface area contributed by atoms with Crippen LogP contribution in [0.1, 0.15) is 11.1 Å². The highest BCUT2D eigenvalue weighted by Crippen LogP contribution is 2.34. The molecule has 0 heterocycles. The van der Waals surface area contributed by atoms with E-state index in [1.165, 1.54) is 0 Å². The molecule has 0 unspecified atom stereocenters. The minimum absolute atomic E-state index is 0.298. The number of hydrogen-bond donors (Lipinski definition) is 2. The van der Waals surface area contributed by atoms with Crippen LogP contribution < -0.4 is 5.32 Å². The van der Waals surface area contributed by atoms with Crippen molar-refractivity contribution in [2.45, 2.75) is 5.60 Å². The maximum absolute atomic E-state index is 12.1. The van der Waals surface area contributed by atoms with E-state index in [1.54, 1.807) is 31.3 Å². The summed E-state index contributed by atoms with van der Waals surface area (Å²) in [7, 11) is 1.80. The third-order valence-electron chi connectivity index (χ3n) is 3.33. The second kappa shape index (κ2) is 7.02. The molecule has 0 aliphatic carbocycles. The first kappa shape index (κ1) is 15.2. The van der Waals surface area contributed by atoms with E-state index in [-0.39, 0.29) is 0 Å². The molecule has 110 valence electrons. The minimum atomic E-state index is -1.49. The Morgan fingerprint density at radius 2 is 1.52 bits per heavy atom. The van der Waals surface area contributed by atoms with E-state index in [4.69, 9.17) is 4.74 Å². The third-order valence-corrected chi connectivity index (χ3v) is 3.33. The van der Waals surface area contributed by atoms with E-state index in [2.05, 4.69) is 5.32 Å². The Morgan fingerprint density at radius 1 is 1.05 bits per heavy atom. The Bertz CT molecular complexity index is 530. The first-order valence-electron chi connectivity index (χ1n) is 6.85. The molecule has 0 saturated heterocycles. The van der Waals surface area contributed by atoms with Crippen LogP contribution in [0.3, 0.4) is 0 Å². The summed E-state index contributed by atoms with van der Waals surface area (Å²) in [5, 5.41) is 12.8. The normalized spacial score (nSPS) is 11.3. The number of nitrogens with one attached hydrogen (secondary N) is 1. The molecule has 2 aromatic rings. The van der Waals surface area contributed by atoms with Crippen molar-refractivity contribution >= 4 is 5.97 Å². The summed E-state index contributed by atoms with van der Waals surface area (Å²) >= 11 is 0. The van der Waals surface area contributed by atoms with Crippen LogP contribution in [-0.4, -0.2) is 31.3 Å². The van der Waals surface area contributed by atoms with Crippen molar-refractivity contribution < 1.29 is 14.6 Å². The first-order valence-corrected chi connectivity index (χ1v) is 6.85. The van der Waals surface area contributed by atoms with Gasteiger partial charge in [-0.25, -0.2) is 4.79 Å². The Balaban J connectivity index is 2.52. The molecule has 2 aromatic carbocycles. The second-order valence-electron chi connectivity index (χ2n) is 4.67. The van der Waals surface area contributed by atoms with Crippen LogP contribution in [0.25, 0.3) is 0 Å². The van der Waals surface area contributed by atoms with Crippen LogP contribution in [-0.2, 0) is 15.1 Å². The monoisotopic (exact) mass is 285 g/mol. The largest absolute Gasteiger partial charge is 0.479 e. The molecule has 2 N–H and O–H groups in total. The molecule has 0 aliphatic heterocycles. The summed E-state index contributed by atoms with van der Waals surface area (Å²) in [5.74, 6) is -1.02. The molecule has 2 rings (SSSR count). The predicted molar refractivity (Wildman–Crippen MR) is 81.2 cm³/mol. The molecule has 0 saturated carbocycles. The molecular weight excluding hydrogens is 266 g/mol. The smallest absolute Gasteiger partial charge is 0.345 e. The summed E-state index contributed by atoms with van der Waals surface area (Å²) in [4.78, 5) is 12.1. The quantitative estimate of drug-likeness (QED) is 0.766. The number of hydrogen-bond acceptors (Lipinski definition) is 3. The topological polar surface area (TPSA) is 58.6 Å². The van der Waals surface area contributed by atoms with Crippen LogP contribution >= 0.6 is 0 Å². The second-order valence-corrected chi connectivity index (χ2v) is 4.67. The summed E-state index contributed by atoms with van der Waals surface area (Å²) in [6.45, 7) is 0.876.